The van der Waals surface area contributed by atoms with Crippen molar-refractivity contribution in [2.45, 2.75) is 6.42 Å². The maximum absolute atomic E-state index is 12.3. The van der Waals surface area contributed by atoms with Gasteiger partial charge in [0.05, 0.1) is 15.3 Å². The fraction of sp³-hybridized carbons (Fsp3) is 0.211. The minimum Gasteiger partial charge on any atom is -0.344 e. The van der Waals surface area contributed by atoms with E-state index in [0.29, 0.717) is 34.3 Å². The first-order valence-electron chi connectivity index (χ1n) is 8.23. The lowest BCUT2D eigenvalue weighted by molar-refractivity contribution is 0.100. The van der Waals surface area contributed by atoms with E-state index in [4.69, 9.17) is 0 Å². The second-order valence-electron chi connectivity index (χ2n) is 5.88. The molecule has 0 bridgehead atoms. The Kier molecular flexibility index (Phi) is 8.40. The maximum Gasteiger partial charge on any atom is 0.286 e. The molecule has 2 radical (unpaired) electrons. The van der Waals surface area contributed by atoms with Crippen molar-refractivity contribution in [1.82, 2.24) is 4.98 Å². The molecule has 1 aromatic heterocycles. The van der Waals surface area contributed by atoms with E-state index in [0.717, 1.165) is 0 Å². The van der Waals surface area contributed by atoms with Gasteiger partial charge in [-0.25, -0.2) is 4.21 Å². The molecule has 1 N–H and O–H groups in total. The molecule has 1 unspecified atom stereocenters. The fourth-order valence-corrected chi connectivity index (χ4v) is 4.23. The van der Waals surface area contributed by atoms with Crippen LogP contribution in [0.4, 0.5) is 10.5 Å². The van der Waals surface area contributed by atoms with Gasteiger partial charge in [-0.2, -0.15) is 4.36 Å². The summed E-state index contributed by atoms with van der Waals surface area (Å²) < 4.78 is 16.0. The summed E-state index contributed by atoms with van der Waals surface area (Å²) in [7, 11) is -2.58. The molecule has 6 nitrogen and oxygen atoms in total. The van der Waals surface area contributed by atoms with Gasteiger partial charge in [0.15, 0.2) is 0 Å². The largest absolute Gasteiger partial charge is 0.344 e. The van der Waals surface area contributed by atoms with E-state index in [1.165, 1.54) is 18.6 Å². The summed E-state index contributed by atoms with van der Waals surface area (Å²) in [5.74, 6) is 5.68. The van der Waals surface area contributed by atoms with Gasteiger partial charge in [-0.05, 0) is 30.7 Å². The van der Waals surface area contributed by atoms with Crippen LogP contribution in [0.1, 0.15) is 27.9 Å². The first-order valence-corrected chi connectivity index (χ1v) is 12.0. The normalized spacial score (nSPS) is 12.2. The lowest BCUT2D eigenvalue weighted by atomic mass is 10.1. The standard InChI is InChI=1S/C19H17BrN3O3S.Al/c1-27(26,9-3-8-20)23-19(25)17-10-16(12-21-13-17)7-6-15-4-2-5-18(11-15)22-14-24;/h2,4-5,10-13H,3,8-9H2,1H3,(H,22,24);. The van der Waals surface area contributed by atoms with Gasteiger partial charge in [-0.1, -0.05) is 33.8 Å². The van der Waals surface area contributed by atoms with E-state index in [2.05, 4.69) is 42.4 Å². The number of hydrogen-bond acceptors (Lipinski definition) is 4. The number of benzene rings is 1. The van der Waals surface area contributed by atoms with Crippen LogP contribution in [0.15, 0.2) is 47.1 Å². The number of hydrogen-bond donors (Lipinski definition) is 1. The Morgan fingerprint density at radius 3 is 2.71 bits per heavy atom. The zero-order chi connectivity index (χ0) is 20.6. The van der Waals surface area contributed by atoms with Crippen LogP contribution < -0.4 is 5.32 Å². The highest BCUT2D eigenvalue weighted by Gasteiger charge is 2.10. The average Bonchev–Trinajstić information content (AvgIpc) is 2.64. The van der Waals surface area contributed by atoms with Gasteiger partial charge in [0, 0.05) is 46.5 Å². The molecular formula is C19H17AlBrN3O3S. The molecule has 0 saturated heterocycles. The summed E-state index contributed by atoms with van der Waals surface area (Å²) >= 11 is 5.32. The SMILES string of the molecule is CS(=O)(CCCBr)=NC(=O)c1cncc(C#Cc2cccc(N[C](=O)[Al])c2)c1. The molecule has 0 spiro atoms. The van der Waals surface area contributed by atoms with E-state index >= 15 is 0 Å². The average molecular weight is 474 g/mol. The molecule has 0 aliphatic rings. The van der Waals surface area contributed by atoms with Crippen molar-refractivity contribution >= 4 is 58.3 Å². The van der Waals surface area contributed by atoms with Gasteiger partial charge in [0.1, 0.15) is 4.77 Å². The molecule has 2 aromatic rings. The zero-order valence-corrected chi connectivity index (χ0v) is 18.7. The van der Waals surface area contributed by atoms with Crippen molar-refractivity contribution < 1.29 is 13.8 Å². The molecule has 1 atom stereocenters. The third-order valence-corrected chi connectivity index (χ3v) is 5.70. The van der Waals surface area contributed by atoms with Crippen molar-refractivity contribution in [1.29, 1.82) is 0 Å². The lowest BCUT2D eigenvalue weighted by Gasteiger charge is -2.03. The highest BCUT2D eigenvalue weighted by atomic mass is 79.9. The third kappa shape index (κ3) is 7.57. The number of carbonyl (C=O) groups is 2. The number of rotatable bonds is 5. The quantitative estimate of drug-likeness (QED) is 0.410. The Balaban J connectivity index is 2.22. The number of nitrogens with zero attached hydrogens (tertiary/aromatic N) is 2. The molecule has 0 aliphatic carbocycles. The topological polar surface area (TPSA) is 88.5 Å². The van der Waals surface area contributed by atoms with E-state index in [-0.39, 0.29) is 10.3 Å². The first kappa shape index (κ1) is 22.3. The van der Waals surface area contributed by atoms with Gasteiger partial charge in [0.25, 0.3) is 22.2 Å². The number of nitrogens with one attached hydrogen (secondary N) is 1. The Hall–Kier alpha value is -1.97. The lowest BCUT2D eigenvalue weighted by Crippen LogP contribution is -2.08. The van der Waals surface area contributed by atoms with E-state index in [1.54, 1.807) is 30.3 Å². The highest BCUT2D eigenvalue weighted by Crippen LogP contribution is 2.10. The van der Waals surface area contributed by atoms with Gasteiger partial charge in [-0.15, -0.1) is 0 Å². The minimum atomic E-state index is -2.58. The van der Waals surface area contributed by atoms with Crippen molar-refractivity contribution in [2.75, 3.05) is 22.7 Å². The molecule has 28 heavy (non-hydrogen) atoms. The highest BCUT2D eigenvalue weighted by molar-refractivity contribution is 9.09. The van der Waals surface area contributed by atoms with Crippen LogP contribution in [0.25, 0.3) is 0 Å². The summed E-state index contributed by atoms with van der Waals surface area (Å²) in [6.45, 7) is 0. The van der Waals surface area contributed by atoms with Crippen LogP contribution in [0.3, 0.4) is 0 Å². The number of aromatic nitrogens is 1. The number of anilines is 1. The van der Waals surface area contributed by atoms with Crippen LogP contribution in [-0.2, 0) is 9.73 Å². The summed E-state index contributed by atoms with van der Waals surface area (Å²) in [5.41, 5.74) is 2.10. The molecule has 2 amide bonds. The van der Waals surface area contributed by atoms with Crippen LogP contribution in [0.2, 0.25) is 0 Å². The van der Waals surface area contributed by atoms with Crippen LogP contribution in [0, 0.1) is 11.8 Å². The van der Waals surface area contributed by atoms with Gasteiger partial charge < -0.3 is 10.1 Å². The summed E-state index contributed by atoms with van der Waals surface area (Å²) in [4.78, 5) is 27.4. The predicted molar refractivity (Wildman–Crippen MR) is 116 cm³/mol. The second kappa shape index (κ2) is 10.5. The number of pyridine rings is 1. The summed E-state index contributed by atoms with van der Waals surface area (Å²) in [6.07, 6.45) is 5.07. The molecule has 2 rings (SSSR count). The molecule has 9 heteroatoms. The number of amides is 2. The molecule has 0 saturated carbocycles. The Morgan fingerprint density at radius 2 is 2.00 bits per heavy atom. The third-order valence-electron chi connectivity index (χ3n) is 3.40. The molecule has 1 heterocycles. The van der Waals surface area contributed by atoms with E-state index < -0.39 is 15.6 Å². The van der Waals surface area contributed by atoms with Crippen molar-refractivity contribution in [3.8, 4) is 11.8 Å². The zero-order valence-electron chi connectivity index (χ0n) is 15.1. The minimum absolute atomic E-state index is 0.240. The predicted octanol–water partition coefficient (Wildman–Crippen LogP) is 3.20. The van der Waals surface area contributed by atoms with Crippen LogP contribution in [-0.4, -0.2) is 53.5 Å². The fourth-order valence-electron chi connectivity index (χ4n) is 2.18. The van der Waals surface area contributed by atoms with Gasteiger partial charge in [0.2, 0.25) is 0 Å². The smallest absolute Gasteiger partial charge is 0.286 e. The van der Waals surface area contributed by atoms with E-state index in [1.807, 2.05) is 16.3 Å². The van der Waals surface area contributed by atoms with Crippen LogP contribution >= 0.6 is 15.9 Å². The maximum atomic E-state index is 12.3. The van der Waals surface area contributed by atoms with E-state index in [9.17, 15) is 13.8 Å². The Morgan fingerprint density at radius 1 is 1.25 bits per heavy atom. The Labute approximate surface area is 181 Å². The summed E-state index contributed by atoms with van der Waals surface area (Å²) in [6, 6.07) is 8.65. The van der Waals surface area contributed by atoms with Crippen molar-refractivity contribution in [3.05, 3.63) is 59.4 Å². The molecule has 1 aromatic carbocycles. The molecule has 0 aliphatic heterocycles. The molecular weight excluding hydrogens is 457 g/mol. The monoisotopic (exact) mass is 473 g/mol. The Bertz CT molecular complexity index is 1070. The van der Waals surface area contributed by atoms with Crippen LogP contribution in [0.5, 0.6) is 0 Å². The van der Waals surface area contributed by atoms with Gasteiger partial charge in [-0.3, -0.25) is 9.78 Å². The van der Waals surface area contributed by atoms with Gasteiger partial charge >= 0.3 is 0 Å². The van der Waals surface area contributed by atoms with Crippen molar-refractivity contribution in [2.24, 2.45) is 4.36 Å². The molecule has 0 fully saturated rings. The summed E-state index contributed by atoms with van der Waals surface area (Å²) in [5, 5.41) is 3.36. The molecule has 142 valence electrons. The number of carbonyl (C=O) groups excluding carboxylic acids is 2. The number of alkyl halides is 1. The number of halogens is 1. The second-order valence-corrected chi connectivity index (χ2v) is 9.71. The first-order chi connectivity index (χ1) is 13.3. The van der Waals surface area contributed by atoms with Crippen molar-refractivity contribution in [3.63, 3.8) is 0 Å².